The average Bonchev–Trinajstić information content (AvgIpc) is 4.05. The Bertz CT molecular complexity index is 2430. The van der Waals surface area contributed by atoms with Gasteiger partial charge in [0, 0.05) is 38.8 Å². The van der Waals surface area contributed by atoms with E-state index in [4.69, 9.17) is 8.83 Å². The zero-order valence-corrected chi connectivity index (χ0v) is 32.2. The van der Waals surface area contributed by atoms with Crippen molar-refractivity contribution in [3.63, 3.8) is 0 Å². The fourth-order valence-electron chi connectivity index (χ4n) is 9.08. The minimum atomic E-state index is -0.278. The van der Waals surface area contributed by atoms with Gasteiger partial charge in [0.25, 0.3) is 0 Å². The Kier molecular flexibility index (Phi) is 9.28. The summed E-state index contributed by atoms with van der Waals surface area (Å²) in [5, 5.41) is 0. The molecule has 2 heterocycles. The van der Waals surface area contributed by atoms with Crippen LogP contribution in [0.15, 0.2) is 129 Å². The van der Waals surface area contributed by atoms with Crippen LogP contribution in [-0.2, 0) is 5.41 Å². The predicted octanol–water partition coefficient (Wildman–Crippen LogP) is 12.6. The van der Waals surface area contributed by atoms with Crippen LogP contribution in [-0.4, -0.2) is 23.1 Å². The van der Waals surface area contributed by atoms with Gasteiger partial charge in [-0.15, -0.1) is 0 Å². The fourth-order valence-corrected chi connectivity index (χ4v) is 9.08. The molecule has 0 radical (unpaired) electrons. The normalized spacial score (nSPS) is 14.9. The van der Waals surface area contributed by atoms with Gasteiger partial charge >= 0.3 is 0 Å². The molecule has 0 saturated heterocycles. The van der Waals surface area contributed by atoms with Crippen molar-refractivity contribution in [3.05, 3.63) is 165 Å². The lowest BCUT2D eigenvalue weighted by Gasteiger charge is -2.33. The van der Waals surface area contributed by atoms with Crippen molar-refractivity contribution in [2.75, 3.05) is 0 Å². The standard InChI is InChI=1S/C51H42O6/c1-3-5-11-25-51(26-12-6-4-2)43-27-31(45-23-19-33(56-45)29-41-47(52)37-13-7-8-14-38(37)48(41)53)17-21-35(43)36-22-18-32(28-44(36)51)46-24-20-34(57-46)30-42-49(54)39-15-9-10-16-40(39)50(42)55/h7-10,13-24,27-30H,3-6,11-12,25-26H2,1-2H3. The number of rotatable bonds is 12. The zero-order valence-electron chi connectivity index (χ0n) is 32.2. The SMILES string of the molecule is CCCCCC1(CCCCC)c2cc(-c3ccc(C=C4C(=O)c5ccccc5C4=O)o3)ccc2-c2ccc(-c3ccc(C=C4C(=O)c5ccccc5C4=O)o3)cc21. The lowest BCUT2D eigenvalue weighted by molar-refractivity contribution is 0.0974. The largest absolute Gasteiger partial charge is 0.457 e. The van der Waals surface area contributed by atoms with Gasteiger partial charge in [-0.3, -0.25) is 19.2 Å². The molecule has 0 N–H and O–H groups in total. The number of carbonyl (C=O) groups is 4. The Morgan fingerprint density at radius 3 is 1.21 bits per heavy atom. The topological polar surface area (TPSA) is 94.6 Å². The molecule has 0 aliphatic heterocycles. The first-order valence-corrected chi connectivity index (χ1v) is 20.1. The number of Topliss-reactive ketones (excluding diaryl/α,β-unsaturated/α-hetero) is 4. The molecule has 3 aliphatic carbocycles. The summed E-state index contributed by atoms with van der Waals surface area (Å²) in [5.74, 6) is 1.15. The number of ketones is 4. The lowest BCUT2D eigenvalue weighted by Crippen LogP contribution is -2.25. The van der Waals surface area contributed by atoms with Gasteiger partial charge in [0.2, 0.25) is 0 Å². The predicted molar refractivity (Wildman–Crippen MR) is 223 cm³/mol. The number of furan rings is 2. The first kappa shape index (κ1) is 36.3. The minimum absolute atomic E-state index is 0.120. The number of benzene rings is 4. The van der Waals surface area contributed by atoms with Gasteiger partial charge in [0.1, 0.15) is 23.0 Å². The van der Waals surface area contributed by atoms with Gasteiger partial charge in [0.15, 0.2) is 23.1 Å². The summed E-state index contributed by atoms with van der Waals surface area (Å²) < 4.78 is 12.7. The van der Waals surface area contributed by atoms with Crippen LogP contribution in [0.3, 0.4) is 0 Å². The van der Waals surface area contributed by atoms with Crippen LogP contribution in [0.1, 0.15) is 129 Å². The van der Waals surface area contributed by atoms with E-state index in [1.54, 1.807) is 60.7 Å². The quantitative estimate of drug-likeness (QED) is 0.0702. The van der Waals surface area contributed by atoms with Crippen LogP contribution >= 0.6 is 0 Å². The summed E-state index contributed by atoms with van der Waals surface area (Å²) in [4.78, 5) is 52.4. The Hall–Kier alpha value is -6.40. The summed E-state index contributed by atoms with van der Waals surface area (Å²) in [6.45, 7) is 4.47. The van der Waals surface area contributed by atoms with Crippen LogP contribution in [0.5, 0.6) is 0 Å². The lowest BCUT2D eigenvalue weighted by atomic mass is 9.70. The number of hydrogen-bond acceptors (Lipinski definition) is 6. The molecule has 2 aromatic heterocycles. The molecule has 0 fully saturated rings. The first-order chi connectivity index (χ1) is 27.8. The highest BCUT2D eigenvalue weighted by Crippen LogP contribution is 2.56. The number of allylic oxidation sites excluding steroid dienone is 2. The summed E-state index contributed by atoms with van der Waals surface area (Å²) in [7, 11) is 0. The molecule has 282 valence electrons. The van der Waals surface area contributed by atoms with Gasteiger partial charge in [-0.1, -0.05) is 125 Å². The van der Waals surface area contributed by atoms with E-state index in [0.29, 0.717) is 45.3 Å². The van der Waals surface area contributed by atoms with Crippen molar-refractivity contribution in [2.24, 2.45) is 0 Å². The van der Waals surface area contributed by atoms with E-state index in [1.165, 1.54) is 22.3 Å². The van der Waals surface area contributed by atoms with Gasteiger partial charge in [0.05, 0.1) is 11.1 Å². The van der Waals surface area contributed by atoms with E-state index >= 15 is 0 Å². The molecule has 3 aliphatic rings. The first-order valence-electron chi connectivity index (χ1n) is 20.1. The molecule has 57 heavy (non-hydrogen) atoms. The summed E-state index contributed by atoms with van der Waals surface area (Å²) in [5.41, 5.74) is 8.60. The molecule has 9 rings (SSSR count). The molecule has 6 aromatic rings. The third-order valence-electron chi connectivity index (χ3n) is 12.0. The van der Waals surface area contributed by atoms with E-state index in [0.717, 1.165) is 62.5 Å². The van der Waals surface area contributed by atoms with Crippen molar-refractivity contribution < 1.29 is 28.0 Å². The maximum atomic E-state index is 13.1. The maximum Gasteiger partial charge on any atom is 0.197 e. The second kappa shape index (κ2) is 14.6. The fraction of sp³-hybridized carbons (Fsp3) is 0.216. The number of fused-ring (bicyclic) bond motifs is 5. The number of carbonyl (C=O) groups excluding carboxylic acids is 4. The molecule has 0 spiro atoms. The highest BCUT2D eigenvalue weighted by atomic mass is 16.3. The van der Waals surface area contributed by atoms with E-state index < -0.39 is 0 Å². The molecule has 4 aromatic carbocycles. The molecule has 0 bridgehead atoms. The molecular formula is C51H42O6. The van der Waals surface area contributed by atoms with Crippen molar-refractivity contribution in [1.82, 2.24) is 0 Å². The van der Waals surface area contributed by atoms with Crippen molar-refractivity contribution in [3.8, 4) is 33.8 Å². The smallest absolute Gasteiger partial charge is 0.197 e. The van der Waals surface area contributed by atoms with Gasteiger partial charge < -0.3 is 8.83 Å². The van der Waals surface area contributed by atoms with E-state index in [-0.39, 0.29) is 39.7 Å². The maximum absolute atomic E-state index is 13.1. The Balaban J connectivity index is 1.08. The number of hydrogen-bond donors (Lipinski definition) is 0. The molecule has 0 amide bonds. The summed E-state index contributed by atoms with van der Waals surface area (Å²) >= 11 is 0. The van der Waals surface area contributed by atoms with E-state index in [9.17, 15) is 19.2 Å². The highest BCUT2D eigenvalue weighted by Gasteiger charge is 2.43. The monoisotopic (exact) mass is 750 g/mol. The van der Waals surface area contributed by atoms with Crippen molar-refractivity contribution >= 4 is 35.3 Å². The van der Waals surface area contributed by atoms with Crippen molar-refractivity contribution in [1.29, 1.82) is 0 Å². The third kappa shape index (κ3) is 6.11. The van der Waals surface area contributed by atoms with Gasteiger partial charge in [-0.05, 0) is 83.6 Å². The Morgan fingerprint density at radius 1 is 0.456 bits per heavy atom. The van der Waals surface area contributed by atoms with E-state index in [1.807, 2.05) is 24.3 Å². The van der Waals surface area contributed by atoms with Crippen LogP contribution in [0.2, 0.25) is 0 Å². The molecule has 6 nitrogen and oxygen atoms in total. The Morgan fingerprint density at radius 2 is 0.842 bits per heavy atom. The summed E-state index contributed by atoms with van der Waals surface area (Å²) in [6, 6.07) is 34.5. The zero-order chi connectivity index (χ0) is 39.3. The molecule has 0 atom stereocenters. The highest BCUT2D eigenvalue weighted by molar-refractivity contribution is 6.42. The van der Waals surface area contributed by atoms with Crippen molar-refractivity contribution in [2.45, 2.75) is 70.6 Å². The van der Waals surface area contributed by atoms with Crippen LogP contribution < -0.4 is 0 Å². The van der Waals surface area contributed by atoms with Crippen LogP contribution in [0, 0.1) is 0 Å². The Labute approximate surface area is 331 Å². The third-order valence-corrected chi connectivity index (χ3v) is 12.0. The average molecular weight is 751 g/mol. The molecule has 6 heteroatoms. The second-order valence-corrected chi connectivity index (χ2v) is 15.4. The minimum Gasteiger partial charge on any atom is -0.457 e. The molecule has 0 saturated carbocycles. The van der Waals surface area contributed by atoms with Crippen LogP contribution in [0.25, 0.3) is 45.9 Å². The molecular weight excluding hydrogens is 709 g/mol. The number of unbranched alkanes of at least 4 members (excludes halogenated alkanes) is 4. The van der Waals surface area contributed by atoms with Gasteiger partial charge in [-0.25, -0.2) is 0 Å². The van der Waals surface area contributed by atoms with E-state index in [2.05, 4.69) is 50.2 Å². The second-order valence-electron chi connectivity index (χ2n) is 15.4. The van der Waals surface area contributed by atoms with Gasteiger partial charge in [-0.2, -0.15) is 0 Å². The summed E-state index contributed by atoms with van der Waals surface area (Å²) in [6.07, 6.45) is 11.8. The molecule has 0 unspecified atom stereocenters. The van der Waals surface area contributed by atoms with Crippen LogP contribution in [0.4, 0.5) is 0 Å².